The van der Waals surface area contributed by atoms with Crippen molar-refractivity contribution in [1.29, 1.82) is 0 Å². The van der Waals surface area contributed by atoms with Crippen LogP contribution in [0.15, 0.2) is 11.8 Å². The van der Waals surface area contributed by atoms with E-state index in [4.69, 9.17) is 25.5 Å². The second-order valence-electron chi connectivity index (χ2n) is 5.27. The van der Waals surface area contributed by atoms with Crippen molar-refractivity contribution in [3.05, 3.63) is 11.8 Å². The fourth-order valence-electron chi connectivity index (χ4n) is 1.82. The maximum Gasteiger partial charge on any atom is 0.490 e. The summed E-state index contributed by atoms with van der Waals surface area (Å²) < 4.78 is 36.9. The average molecular weight is 399 g/mol. The monoisotopic (exact) mass is 399 g/mol. The molecule has 0 spiro atoms. The van der Waals surface area contributed by atoms with Gasteiger partial charge in [0.05, 0.1) is 12.1 Å². The number of carboxylic acid groups (broad SMARTS) is 2. The van der Waals surface area contributed by atoms with Gasteiger partial charge in [0.15, 0.2) is 6.10 Å². The number of amides is 2. The Bertz CT molecular complexity index is 607. The van der Waals surface area contributed by atoms with Gasteiger partial charge in [0.2, 0.25) is 11.7 Å². The highest BCUT2D eigenvalue weighted by molar-refractivity contribution is 5.88. The third-order valence-electron chi connectivity index (χ3n) is 2.97. The number of ether oxygens (including phenoxy) is 1. The maximum atomic E-state index is 12.0. The zero-order chi connectivity index (χ0) is 21.4. The Morgan fingerprint density at radius 3 is 2.15 bits per heavy atom. The molecule has 154 valence electrons. The molecular weight excluding hydrogens is 379 g/mol. The molecule has 0 fully saturated rings. The number of halogens is 3. The Balaban J connectivity index is 0.000000821. The van der Waals surface area contributed by atoms with Gasteiger partial charge >= 0.3 is 18.1 Å². The molecule has 2 amide bonds. The molecule has 1 heterocycles. The molecule has 10 nitrogen and oxygen atoms in total. The zero-order valence-electron chi connectivity index (χ0n) is 14.4. The standard InChI is InChI=1S/C12H19N3O5.C2HF3O2/c1-3-4-14-11(17)10-9(15-6(2)16)7(13)5-8(20-10)12(18)19;3-2(4,5)1(6)7/h5,7,9-10H,3-4,13H2,1-2H3,(H,14,17)(H,15,16)(H,18,19);(H,6,7)/t7-,9+,10+;/m0./s1. The van der Waals surface area contributed by atoms with E-state index in [1.165, 1.54) is 13.0 Å². The molecule has 6 N–H and O–H groups in total. The number of nitrogens with two attached hydrogens (primary N) is 1. The van der Waals surface area contributed by atoms with Gasteiger partial charge in [-0.1, -0.05) is 6.92 Å². The predicted molar refractivity (Wildman–Crippen MR) is 83.2 cm³/mol. The molecule has 1 rings (SSSR count). The predicted octanol–water partition coefficient (Wildman–Crippen LogP) is -0.655. The molecule has 0 aliphatic carbocycles. The van der Waals surface area contributed by atoms with Crippen molar-refractivity contribution in [2.24, 2.45) is 5.73 Å². The van der Waals surface area contributed by atoms with Crippen molar-refractivity contribution in [3.8, 4) is 0 Å². The number of carbonyl (C=O) groups is 4. The van der Waals surface area contributed by atoms with E-state index < -0.39 is 48.0 Å². The topological polar surface area (TPSA) is 168 Å². The van der Waals surface area contributed by atoms with Gasteiger partial charge in [-0.25, -0.2) is 9.59 Å². The molecule has 0 saturated heterocycles. The van der Waals surface area contributed by atoms with Gasteiger partial charge in [-0.2, -0.15) is 13.2 Å². The lowest BCUT2D eigenvalue weighted by molar-refractivity contribution is -0.192. The van der Waals surface area contributed by atoms with Gasteiger partial charge in [-0.15, -0.1) is 0 Å². The van der Waals surface area contributed by atoms with Gasteiger partial charge in [0.25, 0.3) is 5.91 Å². The maximum absolute atomic E-state index is 12.0. The lowest BCUT2D eigenvalue weighted by Crippen LogP contribution is -2.60. The van der Waals surface area contributed by atoms with E-state index >= 15 is 0 Å². The molecule has 0 bridgehead atoms. The fourth-order valence-corrected chi connectivity index (χ4v) is 1.82. The first kappa shape index (κ1) is 24.2. The number of nitrogens with one attached hydrogen (secondary N) is 2. The smallest absolute Gasteiger partial charge is 0.475 e. The van der Waals surface area contributed by atoms with E-state index in [0.29, 0.717) is 6.54 Å². The van der Waals surface area contributed by atoms with Crippen LogP contribution in [0.5, 0.6) is 0 Å². The summed E-state index contributed by atoms with van der Waals surface area (Å²) in [5, 5.41) is 21.2. The van der Waals surface area contributed by atoms with Crippen molar-refractivity contribution < 1.29 is 47.3 Å². The van der Waals surface area contributed by atoms with Crippen LogP contribution < -0.4 is 16.4 Å². The van der Waals surface area contributed by atoms with Crippen LogP contribution in [-0.4, -0.2) is 64.9 Å². The van der Waals surface area contributed by atoms with E-state index in [9.17, 15) is 27.6 Å². The van der Waals surface area contributed by atoms with E-state index in [1.807, 2.05) is 6.92 Å². The molecule has 0 aromatic rings. The molecule has 0 unspecified atom stereocenters. The molecular formula is C14H20F3N3O7. The van der Waals surface area contributed by atoms with Crippen LogP contribution in [0.2, 0.25) is 0 Å². The molecule has 1 aliphatic rings. The van der Waals surface area contributed by atoms with E-state index in [0.717, 1.165) is 6.42 Å². The van der Waals surface area contributed by atoms with Crippen LogP contribution in [0.1, 0.15) is 20.3 Å². The molecule has 27 heavy (non-hydrogen) atoms. The van der Waals surface area contributed by atoms with Crippen LogP contribution >= 0.6 is 0 Å². The summed E-state index contributed by atoms with van der Waals surface area (Å²) in [5.41, 5.74) is 5.80. The summed E-state index contributed by atoms with van der Waals surface area (Å²) in [6, 6.07) is -1.64. The minimum atomic E-state index is -5.08. The summed E-state index contributed by atoms with van der Waals surface area (Å²) in [6.45, 7) is 3.58. The minimum absolute atomic E-state index is 0.380. The Kier molecular flexibility index (Phi) is 9.27. The number of carboxylic acids is 2. The number of alkyl halides is 3. The van der Waals surface area contributed by atoms with Crippen LogP contribution in [0, 0.1) is 0 Å². The number of hydrogen-bond donors (Lipinski definition) is 5. The molecule has 0 radical (unpaired) electrons. The lowest BCUT2D eigenvalue weighted by Gasteiger charge is -2.34. The van der Waals surface area contributed by atoms with E-state index in [-0.39, 0.29) is 5.91 Å². The molecule has 3 atom stereocenters. The summed E-state index contributed by atoms with van der Waals surface area (Å²) in [5.74, 6) is -5.35. The van der Waals surface area contributed by atoms with Crippen LogP contribution in [0.4, 0.5) is 13.2 Å². The highest BCUT2D eigenvalue weighted by Crippen LogP contribution is 2.18. The highest BCUT2D eigenvalue weighted by Gasteiger charge is 2.40. The molecule has 1 aliphatic heterocycles. The number of aliphatic carboxylic acids is 2. The van der Waals surface area contributed by atoms with Gasteiger partial charge in [-0.3, -0.25) is 9.59 Å². The zero-order valence-corrected chi connectivity index (χ0v) is 14.4. The first-order valence-corrected chi connectivity index (χ1v) is 7.53. The highest BCUT2D eigenvalue weighted by atomic mass is 19.4. The Morgan fingerprint density at radius 2 is 1.78 bits per heavy atom. The summed E-state index contributed by atoms with van der Waals surface area (Å²) in [6.07, 6.45) is -4.36. The lowest BCUT2D eigenvalue weighted by atomic mass is 9.98. The van der Waals surface area contributed by atoms with Crippen LogP contribution in [0.25, 0.3) is 0 Å². The fraction of sp³-hybridized carbons (Fsp3) is 0.571. The quantitative estimate of drug-likeness (QED) is 0.406. The third kappa shape index (κ3) is 8.40. The number of hydrogen-bond acceptors (Lipinski definition) is 6. The van der Waals surface area contributed by atoms with Crippen molar-refractivity contribution in [2.75, 3.05) is 6.54 Å². The largest absolute Gasteiger partial charge is 0.490 e. The van der Waals surface area contributed by atoms with Gasteiger partial charge in [0.1, 0.15) is 0 Å². The molecule has 0 saturated carbocycles. The summed E-state index contributed by atoms with van der Waals surface area (Å²) in [7, 11) is 0. The summed E-state index contributed by atoms with van der Waals surface area (Å²) in [4.78, 5) is 43.0. The molecule has 0 aromatic heterocycles. The van der Waals surface area contributed by atoms with Gasteiger partial charge in [0, 0.05) is 13.5 Å². The number of carbonyl (C=O) groups excluding carboxylic acids is 2. The first-order chi connectivity index (χ1) is 12.3. The SMILES string of the molecule is CCCNC(=O)[C@@H]1OC(C(=O)O)=C[C@H](N)[C@H]1NC(C)=O.O=C(O)C(F)(F)F. The Morgan fingerprint density at radius 1 is 1.26 bits per heavy atom. The minimum Gasteiger partial charge on any atom is -0.475 e. The molecule has 0 aromatic carbocycles. The van der Waals surface area contributed by atoms with Gasteiger partial charge in [-0.05, 0) is 12.5 Å². The van der Waals surface area contributed by atoms with Gasteiger partial charge < -0.3 is 31.3 Å². The first-order valence-electron chi connectivity index (χ1n) is 7.53. The van der Waals surface area contributed by atoms with E-state index in [2.05, 4.69) is 10.6 Å². The number of rotatable bonds is 5. The van der Waals surface area contributed by atoms with Crippen molar-refractivity contribution >= 4 is 23.8 Å². The van der Waals surface area contributed by atoms with Crippen LogP contribution in [-0.2, 0) is 23.9 Å². The van der Waals surface area contributed by atoms with Crippen molar-refractivity contribution in [1.82, 2.24) is 10.6 Å². The van der Waals surface area contributed by atoms with E-state index in [1.54, 1.807) is 0 Å². The van der Waals surface area contributed by atoms with Crippen molar-refractivity contribution in [2.45, 2.75) is 44.6 Å². The Hall–Kier alpha value is -2.83. The summed E-state index contributed by atoms with van der Waals surface area (Å²) >= 11 is 0. The second-order valence-corrected chi connectivity index (χ2v) is 5.27. The van der Waals surface area contributed by atoms with Crippen molar-refractivity contribution in [3.63, 3.8) is 0 Å². The van der Waals surface area contributed by atoms with Crippen LogP contribution in [0.3, 0.4) is 0 Å². The third-order valence-corrected chi connectivity index (χ3v) is 2.97. The average Bonchev–Trinajstić information content (AvgIpc) is 2.53. The Labute approximate surface area is 151 Å². The second kappa shape index (κ2) is 10.4. The molecule has 13 heteroatoms. The normalized spacial score (nSPS) is 21.6.